The minimum atomic E-state index is -1.32. The van der Waals surface area contributed by atoms with Crippen LogP contribution in [0.25, 0.3) is 6.08 Å². The van der Waals surface area contributed by atoms with Crippen molar-refractivity contribution in [3.05, 3.63) is 114 Å². The monoisotopic (exact) mass is 532 g/mol. The molecule has 40 heavy (non-hydrogen) atoms. The van der Waals surface area contributed by atoms with Gasteiger partial charge in [0.05, 0.1) is 18.0 Å². The molecule has 3 aliphatic heterocycles. The molecule has 3 aromatic carbocycles. The van der Waals surface area contributed by atoms with E-state index >= 15 is 0 Å². The van der Waals surface area contributed by atoms with E-state index in [1.807, 2.05) is 86.5 Å². The van der Waals surface area contributed by atoms with Crippen molar-refractivity contribution in [3.63, 3.8) is 0 Å². The van der Waals surface area contributed by atoms with Crippen LogP contribution in [0.3, 0.4) is 0 Å². The molecule has 6 nitrogen and oxygen atoms in total. The lowest BCUT2D eigenvalue weighted by atomic mass is 9.62. The molecule has 1 saturated heterocycles. The number of fused-ring (bicyclic) bond motifs is 6. The number of nitrogens with one attached hydrogen (secondary N) is 1. The predicted molar refractivity (Wildman–Crippen MR) is 155 cm³/mol. The Hall–Kier alpha value is -4.45. The minimum absolute atomic E-state index is 0.0835. The van der Waals surface area contributed by atoms with Crippen LogP contribution in [0, 0.1) is 11.3 Å². The summed E-state index contributed by atoms with van der Waals surface area (Å²) in [7, 11) is 0. The summed E-state index contributed by atoms with van der Waals surface area (Å²) in [5, 5.41) is 3.08. The summed E-state index contributed by atoms with van der Waals surface area (Å²) in [6.45, 7) is 9.63. The quantitative estimate of drug-likeness (QED) is 0.313. The summed E-state index contributed by atoms with van der Waals surface area (Å²) in [4.78, 5) is 45.4. The van der Waals surface area contributed by atoms with E-state index in [0.29, 0.717) is 23.6 Å². The fourth-order valence-corrected chi connectivity index (χ4v) is 6.66. The summed E-state index contributed by atoms with van der Waals surface area (Å²) in [5.41, 5.74) is 1.67. The van der Waals surface area contributed by atoms with Gasteiger partial charge >= 0.3 is 0 Å². The second-order valence-corrected chi connectivity index (χ2v) is 11.7. The Morgan fingerprint density at radius 2 is 1.73 bits per heavy atom. The van der Waals surface area contributed by atoms with Crippen LogP contribution in [0.1, 0.15) is 53.9 Å². The summed E-state index contributed by atoms with van der Waals surface area (Å²) in [6, 6.07) is 21.0. The zero-order valence-electron chi connectivity index (χ0n) is 22.9. The number of carbonyl (C=O) groups excluding carboxylic acids is 3. The number of para-hydroxylation sites is 1. The first-order valence-corrected chi connectivity index (χ1v) is 13.6. The van der Waals surface area contributed by atoms with E-state index in [-0.39, 0.29) is 17.5 Å². The fourth-order valence-electron chi connectivity index (χ4n) is 6.66. The average molecular weight is 533 g/mol. The highest BCUT2D eigenvalue weighted by molar-refractivity contribution is 6.15. The summed E-state index contributed by atoms with van der Waals surface area (Å²) in [6.07, 6.45) is 5.53. The molecule has 0 saturated carbocycles. The van der Waals surface area contributed by atoms with E-state index in [2.05, 4.69) is 11.9 Å². The molecule has 3 heterocycles. The molecule has 1 amide bonds. The van der Waals surface area contributed by atoms with E-state index in [0.717, 1.165) is 16.7 Å². The molecule has 0 radical (unpaired) electrons. The van der Waals surface area contributed by atoms with Crippen molar-refractivity contribution < 1.29 is 19.1 Å². The van der Waals surface area contributed by atoms with Crippen LogP contribution in [0.15, 0.2) is 91.7 Å². The molecule has 4 unspecified atom stereocenters. The van der Waals surface area contributed by atoms with Gasteiger partial charge < -0.3 is 15.0 Å². The van der Waals surface area contributed by atoms with Gasteiger partial charge in [0.2, 0.25) is 5.91 Å². The molecular weight excluding hydrogens is 500 g/mol. The summed E-state index contributed by atoms with van der Waals surface area (Å²) in [5.74, 6) is -0.950. The predicted octanol–water partition coefficient (Wildman–Crippen LogP) is 5.97. The first kappa shape index (κ1) is 25.8. The number of Topliss-reactive ketones (excluding diaryl/α,β-unsaturated/α-hetero) is 2. The normalized spacial score (nSPS) is 24.2. The van der Waals surface area contributed by atoms with Gasteiger partial charge in [-0.3, -0.25) is 14.4 Å². The maximum absolute atomic E-state index is 14.7. The molecule has 3 aliphatic rings. The van der Waals surface area contributed by atoms with Gasteiger partial charge in [0.1, 0.15) is 17.8 Å². The van der Waals surface area contributed by atoms with Gasteiger partial charge in [-0.1, -0.05) is 75.9 Å². The number of nitrogens with zero attached hydrogens (tertiary/aromatic N) is 1. The first-order valence-electron chi connectivity index (χ1n) is 13.6. The lowest BCUT2D eigenvalue weighted by molar-refractivity contribution is -0.131. The third-order valence-corrected chi connectivity index (χ3v) is 8.37. The largest absolute Gasteiger partial charge is 0.490 e. The van der Waals surface area contributed by atoms with Crippen LogP contribution in [0.4, 0.5) is 5.69 Å². The number of ether oxygens (including phenoxy) is 1. The number of carbonyl (C=O) groups is 3. The number of hydrogen-bond donors (Lipinski definition) is 1. The Bertz CT molecular complexity index is 1570. The fraction of sp³-hybridized carbons (Fsp3) is 0.265. The molecule has 1 fully saturated rings. The van der Waals surface area contributed by atoms with Crippen molar-refractivity contribution in [3.8, 4) is 5.75 Å². The van der Waals surface area contributed by atoms with Crippen molar-refractivity contribution in [1.82, 2.24) is 4.90 Å². The van der Waals surface area contributed by atoms with E-state index in [9.17, 15) is 14.4 Å². The SMILES string of the molecule is C=CCOc1ccc(C(=O)C2C(C(=O)C(C)(C)C)N3C=Cc4ccccc4C3C23C(=O)Nc2ccccc23)cc1. The molecule has 3 aromatic rings. The van der Waals surface area contributed by atoms with E-state index in [1.54, 1.807) is 30.3 Å². The zero-order chi connectivity index (χ0) is 28.2. The van der Waals surface area contributed by atoms with E-state index in [1.165, 1.54) is 0 Å². The number of amides is 1. The Morgan fingerprint density at radius 3 is 2.45 bits per heavy atom. The summed E-state index contributed by atoms with van der Waals surface area (Å²) >= 11 is 0. The third kappa shape index (κ3) is 3.66. The highest BCUT2D eigenvalue weighted by Crippen LogP contribution is 2.62. The van der Waals surface area contributed by atoms with Gasteiger partial charge in [-0.05, 0) is 53.1 Å². The minimum Gasteiger partial charge on any atom is -0.490 e. The molecule has 6 heteroatoms. The van der Waals surface area contributed by atoms with Crippen LogP contribution in [0.5, 0.6) is 5.75 Å². The van der Waals surface area contributed by atoms with Crippen molar-refractivity contribution in [2.24, 2.45) is 11.3 Å². The molecule has 202 valence electrons. The highest BCUT2D eigenvalue weighted by Gasteiger charge is 2.71. The first-order chi connectivity index (χ1) is 19.2. The number of hydrogen-bond acceptors (Lipinski definition) is 5. The Balaban J connectivity index is 1.61. The molecule has 0 aromatic heterocycles. The van der Waals surface area contributed by atoms with Gasteiger partial charge in [-0.2, -0.15) is 0 Å². The number of rotatable bonds is 6. The maximum Gasteiger partial charge on any atom is 0.238 e. The third-order valence-electron chi connectivity index (χ3n) is 8.37. The van der Waals surface area contributed by atoms with Gasteiger partial charge in [-0.25, -0.2) is 0 Å². The Kier molecular flexibility index (Phi) is 6.02. The number of benzene rings is 3. The van der Waals surface area contributed by atoms with Crippen LogP contribution in [-0.2, 0) is 15.0 Å². The molecule has 1 spiro atoms. The lowest BCUT2D eigenvalue weighted by Gasteiger charge is -2.38. The summed E-state index contributed by atoms with van der Waals surface area (Å²) < 4.78 is 5.63. The van der Waals surface area contributed by atoms with Crippen molar-refractivity contribution >= 4 is 29.2 Å². The topological polar surface area (TPSA) is 75.7 Å². The van der Waals surface area contributed by atoms with Crippen LogP contribution in [0.2, 0.25) is 0 Å². The molecule has 6 rings (SSSR count). The highest BCUT2D eigenvalue weighted by atomic mass is 16.5. The smallest absolute Gasteiger partial charge is 0.238 e. The van der Waals surface area contributed by atoms with Crippen LogP contribution in [-0.4, -0.2) is 35.0 Å². The number of ketones is 2. The lowest BCUT2D eigenvalue weighted by Crippen LogP contribution is -2.50. The van der Waals surface area contributed by atoms with Crippen molar-refractivity contribution in [2.75, 3.05) is 11.9 Å². The Labute approximate surface area is 234 Å². The van der Waals surface area contributed by atoms with E-state index in [4.69, 9.17) is 4.74 Å². The van der Waals surface area contributed by atoms with Crippen LogP contribution < -0.4 is 10.1 Å². The number of anilines is 1. The molecule has 4 atom stereocenters. The Morgan fingerprint density at radius 1 is 1.02 bits per heavy atom. The zero-order valence-corrected chi connectivity index (χ0v) is 22.9. The molecule has 1 N–H and O–H groups in total. The average Bonchev–Trinajstić information content (AvgIpc) is 3.43. The molecular formula is C34H32N2O4. The van der Waals surface area contributed by atoms with Gasteiger partial charge in [0.15, 0.2) is 11.6 Å². The van der Waals surface area contributed by atoms with Gasteiger partial charge in [0, 0.05) is 22.9 Å². The van der Waals surface area contributed by atoms with Crippen molar-refractivity contribution in [2.45, 2.75) is 38.3 Å². The standard InChI is InChI=1S/C34H32N2O4/c1-5-20-40-23-16-14-22(15-17-23)29(37)27-28(31(38)33(2,3)4)36-19-18-21-10-6-7-11-24(21)30(36)34(27)25-12-8-9-13-26(25)35-32(34)39/h5-19,27-28,30H,1,20H2,2-4H3,(H,35,39). The van der Waals surface area contributed by atoms with Gasteiger partial charge in [0.25, 0.3) is 0 Å². The molecule has 0 aliphatic carbocycles. The molecule has 0 bridgehead atoms. The second-order valence-electron chi connectivity index (χ2n) is 11.7. The van der Waals surface area contributed by atoms with E-state index < -0.39 is 28.8 Å². The second kappa shape index (κ2) is 9.33. The van der Waals surface area contributed by atoms with Gasteiger partial charge in [-0.15, -0.1) is 0 Å². The maximum atomic E-state index is 14.7. The van der Waals surface area contributed by atoms with Crippen molar-refractivity contribution in [1.29, 1.82) is 0 Å². The van der Waals surface area contributed by atoms with Crippen LogP contribution >= 0.6 is 0 Å².